The minimum atomic E-state index is -0.462. The third-order valence-corrected chi connectivity index (χ3v) is 6.84. The van der Waals surface area contributed by atoms with Gasteiger partial charge in [0.2, 0.25) is 5.88 Å². The third kappa shape index (κ3) is 4.03. The lowest BCUT2D eigenvalue weighted by molar-refractivity contribution is 0.133. The van der Waals surface area contributed by atoms with Gasteiger partial charge in [0.25, 0.3) is 0 Å². The first-order valence-corrected chi connectivity index (χ1v) is 11.8. The summed E-state index contributed by atoms with van der Waals surface area (Å²) in [6.45, 7) is 8.37. The number of aromatic nitrogens is 6. The number of anilines is 3. The van der Waals surface area contributed by atoms with Crippen LogP contribution < -0.4 is 21.5 Å². The van der Waals surface area contributed by atoms with Gasteiger partial charge >= 0.3 is 0 Å². The van der Waals surface area contributed by atoms with Gasteiger partial charge in [0, 0.05) is 36.2 Å². The first kappa shape index (κ1) is 23.0. The zero-order valence-electron chi connectivity index (χ0n) is 20.8. The van der Waals surface area contributed by atoms with E-state index in [1.165, 1.54) is 0 Å². The minimum absolute atomic E-state index is 0.326. The fourth-order valence-corrected chi connectivity index (χ4v) is 4.69. The van der Waals surface area contributed by atoms with Gasteiger partial charge in [-0.05, 0) is 55.8 Å². The topological polar surface area (TPSA) is 143 Å². The van der Waals surface area contributed by atoms with Crippen LogP contribution in [0.25, 0.3) is 22.2 Å². The zero-order valence-corrected chi connectivity index (χ0v) is 20.8. The summed E-state index contributed by atoms with van der Waals surface area (Å²) >= 11 is 0. The number of nitrogens with two attached hydrogens (primary N) is 2. The van der Waals surface area contributed by atoms with Crippen LogP contribution in [0.2, 0.25) is 0 Å². The van der Waals surface area contributed by atoms with Crippen molar-refractivity contribution in [2.75, 3.05) is 11.1 Å². The van der Waals surface area contributed by atoms with E-state index < -0.39 is 5.54 Å². The highest BCUT2D eigenvalue weighted by Gasteiger charge is 2.38. The van der Waals surface area contributed by atoms with E-state index in [0.717, 1.165) is 46.9 Å². The standard InChI is InChI=1S/C25H31N9O/c1-6-25(27,7-2)17-10-21(32-23-15(17)11-24(3,4)35-23)31-20-9-14-8-18(19-13-29-33-34(19)5)30-22(26)16(14)12-28-20/h8-10,12-13H,6-7,11,27H2,1-5H3,(H2,26,30)(H,28,31,32). The first-order valence-electron chi connectivity index (χ1n) is 11.8. The molecule has 5 rings (SSSR count). The number of hydrogen-bond donors (Lipinski definition) is 3. The molecule has 0 fully saturated rings. The second-order valence-corrected chi connectivity index (χ2v) is 9.79. The molecule has 10 heteroatoms. The van der Waals surface area contributed by atoms with Gasteiger partial charge in [-0.15, -0.1) is 5.10 Å². The Hall–Kier alpha value is -3.79. The Morgan fingerprint density at radius 2 is 1.89 bits per heavy atom. The summed E-state index contributed by atoms with van der Waals surface area (Å²) in [7, 11) is 1.81. The van der Waals surface area contributed by atoms with Crippen LogP contribution in [0.4, 0.5) is 17.5 Å². The normalized spacial score (nSPS) is 14.7. The SMILES string of the molecule is CCC(N)(CC)c1cc(Nc2cc3cc(-c4cnnn4C)nc(N)c3cn2)nc2c1CC(C)(C)O2. The van der Waals surface area contributed by atoms with E-state index in [9.17, 15) is 0 Å². The van der Waals surface area contributed by atoms with E-state index in [2.05, 4.69) is 53.3 Å². The largest absolute Gasteiger partial charge is 0.471 e. The molecule has 5 heterocycles. The molecule has 0 radical (unpaired) electrons. The molecule has 0 aromatic carbocycles. The summed E-state index contributed by atoms with van der Waals surface area (Å²) in [5.41, 5.74) is 15.9. The maximum absolute atomic E-state index is 6.85. The van der Waals surface area contributed by atoms with Gasteiger partial charge in [0.1, 0.15) is 28.7 Å². The van der Waals surface area contributed by atoms with Crippen molar-refractivity contribution in [2.45, 2.75) is 58.1 Å². The number of aryl methyl sites for hydroxylation is 1. The highest BCUT2D eigenvalue weighted by atomic mass is 16.5. The highest BCUT2D eigenvalue weighted by Crippen LogP contribution is 2.42. The Labute approximate surface area is 204 Å². The quantitative estimate of drug-likeness (QED) is 0.380. The Morgan fingerprint density at radius 3 is 2.57 bits per heavy atom. The fraction of sp³-hybridized carbons (Fsp3) is 0.400. The van der Waals surface area contributed by atoms with Gasteiger partial charge in [0.05, 0.1) is 11.9 Å². The second-order valence-electron chi connectivity index (χ2n) is 9.79. The van der Waals surface area contributed by atoms with E-state index in [1.54, 1.807) is 17.1 Å². The Balaban J connectivity index is 1.56. The molecule has 0 saturated heterocycles. The molecule has 0 bridgehead atoms. The monoisotopic (exact) mass is 473 g/mol. The van der Waals surface area contributed by atoms with Crippen LogP contribution >= 0.6 is 0 Å². The van der Waals surface area contributed by atoms with Crippen molar-refractivity contribution in [2.24, 2.45) is 12.8 Å². The van der Waals surface area contributed by atoms with Gasteiger partial charge in [-0.3, -0.25) is 0 Å². The fourth-order valence-electron chi connectivity index (χ4n) is 4.69. The van der Waals surface area contributed by atoms with Crippen LogP contribution in [0.15, 0.2) is 30.6 Å². The lowest BCUT2D eigenvalue weighted by Crippen LogP contribution is -2.36. The Kier molecular flexibility index (Phi) is 5.36. The van der Waals surface area contributed by atoms with Crippen molar-refractivity contribution >= 4 is 28.2 Å². The van der Waals surface area contributed by atoms with Crippen molar-refractivity contribution in [1.82, 2.24) is 29.9 Å². The maximum Gasteiger partial charge on any atom is 0.219 e. The molecule has 0 amide bonds. The predicted molar refractivity (Wildman–Crippen MR) is 136 cm³/mol. The van der Waals surface area contributed by atoms with Gasteiger partial charge in [0.15, 0.2) is 0 Å². The zero-order chi connectivity index (χ0) is 25.0. The van der Waals surface area contributed by atoms with Gasteiger partial charge in [-0.1, -0.05) is 19.1 Å². The molecule has 0 saturated carbocycles. The lowest BCUT2D eigenvalue weighted by Gasteiger charge is -2.29. The lowest BCUT2D eigenvalue weighted by atomic mass is 9.82. The average Bonchev–Trinajstić information content (AvgIpc) is 3.38. The van der Waals surface area contributed by atoms with Crippen molar-refractivity contribution in [3.05, 3.63) is 41.7 Å². The molecule has 5 N–H and O–H groups in total. The number of ether oxygens (including phenoxy) is 1. The smallest absolute Gasteiger partial charge is 0.219 e. The van der Waals surface area contributed by atoms with E-state index >= 15 is 0 Å². The molecule has 0 aliphatic carbocycles. The molecule has 1 aliphatic heterocycles. The molecule has 0 spiro atoms. The van der Waals surface area contributed by atoms with E-state index in [4.69, 9.17) is 21.2 Å². The molecular weight excluding hydrogens is 442 g/mol. The number of pyridine rings is 3. The summed E-state index contributed by atoms with van der Waals surface area (Å²) < 4.78 is 7.84. The first-order chi connectivity index (χ1) is 16.6. The van der Waals surface area contributed by atoms with Crippen molar-refractivity contribution in [3.8, 4) is 17.3 Å². The molecule has 10 nitrogen and oxygen atoms in total. The summed E-state index contributed by atoms with van der Waals surface area (Å²) in [4.78, 5) is 13.8. The van der Waals surface area contributed by atoms with Gasteiger partial charge in [-0.25, -0.2) is 14.6 Å². The maximum atomic E-state index is 6.85. The number of nitrogens with zero attached hydrogens (tertiary/aromatic N) is 6. The summed E-state index contributed by atoms with van der Waals surface area (Å²) in [5, 5.41) is 12.9. The number of nitrogens with one attached hydrogen (secondary N) is 1. The molecule has 4 aromatic heterocycles. The predicted octanol–water partition coefficient (Wildman–Crippen LogP) is 3.83. The molecule has 1 aliphatic rings. The summed E-state index contributed by atoms with van der Waals surface area (Å²) in [6.07, 6.45) is 5.77. The number of nitrogen functional groups attached to an aromatic ring is 1. The molecule has 182 valence electrons. The molecule has 0 atom stereocenters. The van der Waals surface area contributed by atoms with E-state index in [0.29, 0.717) is 29.0 Å². The number of fused-ring (bicyclic) bond motifs is 2. The molecule has 4 aromatic rings. The Bertz CT molecular complexity index is 1420. The van der Waals surface area contributed by atoms with Crippen LogP contribution in [0.3, 0.4) is 0 Å². The van der Waals surface area contributed by atoms with Crippen LogP contribution in [-0.4, -0.2) is 35.5 Å². The van der Waals surface area contributed by atoms with Crippen molar-refractivity contribution < 1.29 is 4.74 Å². The average molecular weight is 474 g/mol. The molecular formula is C25H31N9O. The third-order valence-electron chi connectivity index (χ3n) is 6.84. The minimum Gasteiger partial charge on any atom is -0.471 e. The number of hydrogen-bond acceptors (Lipinski definition) is 9. The second kappa shape index (κ2) is 8.16. The van der Waals surface area contributed by atoms with E-state index in [-0.39, 0.29) is 5.60 Å². The highest BCUT2D eigenvalue weighted by molar-refractivity contribution is 5.94. The van der Waals surface area contributed by atoms with Crippen LogP contribution in [0, 0.1) is 0 Å². The summed E-state index contributed by atoms with van der Waals surface area (Å²) in [6, 6.07) is 5.91. The van der Waals surface area contributed by atoms with Gasteiger partial charge < -0.3 is 21.5 Å². The van der Waals surface area contributed by atoms with Crippen molar-refractivity contribution in [3.63, 3.8) is 0 Å². The van der Waals surface area contributed by atoms with Crippen molar-refractivity contribution in [1.29, 1.82) is 0 Å². The van der Waals surface area contributed by atoms with Gasteiger partial charge in [-0.2, -0.15) is 4.98 Å². The van der Waals surface area contributed by atoms with Crippen LogP contribution in [0.1, 0.15) is 51.7 Å². The van der Waals surface area contributed by atoms with E-state index in [1.807, 2.05) is 25.2 Å². The Morgan fingerprint density at radius 1 is 1.11 bits per heavy atom. The number of rotatable bonds is 6. The summed E-state index contributed by atoms with van der Waals surface area (Å²) in [5.74, 6) is 2.29. The molecule has 35 heavy (non-hydrogen) atoms. The van der Waals surface area contributed by atoms with Crippen LogP contribution in [0.5, 0.6) is 5.88 Å². The van der Waals surface area contributed by atoms with Crippen LogP contribution in [-0.2, 0) is 19.0 Å². The molecule has 0 unspecified atom stereocenters.